The molecule has 0 aromatic rings. The molecule has 0 amide bonds. The second-order valence-electron chi connectivity index (χ2n) is 5.02. The summed E-state index contributed by atoms with van der Waals surface area (Å²) in [4.78, 5) is 0. The first-order chi connectivity index (χ1) is 8.10. The van der Waals surface area contributed by atoms with Crippen molar-refractivity contribution in [2.75, 3.05) is 13.2 Å². The van der Waals surface area contributed by atoms with Gasteiger partial charge in [-0.2, -0.15) is 0 Å². The monoisotopic (exact) mass is 258 g/mol. The van der Waals surface area contributed by atoms with E-state index in [9.17, 15) is 0 Å². The molecule has 0 spiro atoms. The summed E-state index contributed by atoms with van der Waals surface area (Å²) in [6.07, 6.45) is 4.55. The van der Waals surface area contributed by atoms with Crippen LogP contribution in [0, 0.1) is 5.92 Å². The van der Waals surface area contributed by atoms with Gasteiger partial charge in [0.25, 0.3) is 0 Å². The van der Waals surface area contributed by atoms with E-state index in [4.69, 9.17) is 8.85 Å². The Morgan fingerprint density at radius 1 is 1.06 bits per heavy atom. The molecule has 0 N–H and O–H groups in total. The number of hydrogen-bond acceptors (Lipinski definition) is 2. The highest BCUT2D eigenvalue weighted by molar-refractivity contribution is 6.72. The minimum Gasteiger partial charge on any atom is -0.391 e. The van der Waals surface area contributed by atoms with Crippen LogP contribution in [0.4, 0.5) is 0 Å². The largest absolute Gasteiger partial charge is 0.391 e. The van der Waals surface area contributed by atoms with Crippen LogP contribution in [0.3, 0.4) is 0 Å². The Morgan fingerprint density at radius 3 is 1.82 bits per heavy atom. The zero-order valence-corrected chi connectivity index (χ0v) is 13.1. The van der Waals surface area contributed by atoms with E-state index in [2.05, 4.69) is 34.3 Å². The van der Waals surface area contributed by atoms with Gasteiger partial charge in [-0.05, 0) is 30.5 Å². The summed E-state index contributed by atoms with van der Waals surface area (Å²) >= 11 is 0. The molecular weight excluding hydrogens is 228 g/mol. The molecule has 17 heavy (non-hydrogen) atoms. The van der Waals surface area contributed by atoms with Crippen LogP contribution >= 0.6 is 0 Å². The Balaban J connectivity index is 4.33. The van der Waals surface area contributed by atoms with Crippen molar-refractivity contribution < 1.29 is 8.85 Å². The Bertz CT molecular complexity index is 183. The Kier molecular flexibility index (Phi) is 9.79. The van der Waals surface area contributed by atoms with Crippen LogP contribution < -0.4 is 0 Å². The molecule has 0 atom stereocenters. The molecule has 0 aliphatic rings. The quantitative estimate of drug-likeness (QED) is 0.403. The zero-order chi connectivity index (χ0) is 13.1. The first-order valence-electron chi connectivity index (χ1n) is 7.01. The van der Waals surface area contributed by atoms with Crippen molar-refractivity contribution in [2.24, 2.45) is 5.92 Å². The summed E-state index contributed by atoms with van der Waals surface area (Å²) in [6.45, 7) is 14.4. The van der Waals surface area contributed by atoms with Crippen molar-refractivity contribution in [1.82, 2.24) is 0 Å². The molecule has 0 heterocycles. The highest BCUT2D eigenvalue weighted by atomic mass is 28.4. The molecule has 0 bridgehead atoms. The van der Waals surface area contributed by atoms with E-state index in [0.717, 1.165) is 44.9 Å². The average molecular weight is 258 g/mol. The van der Waals surface area contributed by atoms with Gasteiger partial charge in [-0.15, -0.1) is 6.58 Å². The van der Waals surface area contributed by atoms with Crippen molar-refractivity contribution in [2.45, 2.75) is 59.4 Å². The fraction of sp³-hybridized carbons (Fsp3) is 0.857. The number of rotatable bonds is 11. The Morgan fingerprint density at radius 2 is 1.53 bits per heavy atom. The lowest BCUT2D eigenvalue weighted by Gasteiger charge is -2.29. The van der Waals surface area contributed by atoms with E-state index in [0.29, 0.717) is 5.92 Å². The van der Waals surface area contributed by atoms with E-state index >= 15 is 0 Å². The molecule has 102 valence electrons. The van der Waals surface area contributed by atoms with Gasteiger partial charge in [0, 0.05) is 13.2 Å². The van der Waals surface area contributed by atoms with Crippen LogP contribution in [-0.2, 0) is 8.85 Å². The maximum Gasteiger partial charge on any atom is 0.364 e. The summed E-state index contributed by atoms with van der Waals surface area (Å²) < 4.78 is 12.2. The van der Waals surface area contributed by atoms with Crippen LogP contribution in [0.5, 0.6) is 0 Å². The van der Waals surface area contributed by atoms with E-state index in [1.54, 1.807) is 0 Å². The maximum atomic E-state index is 6.08. The molecule has 0 saturated heterocycles. The molecule has 0 rings (SSSR count). The highest BCUT2D eigenvalue weighted by Crippen LogP contribution is 2.21. The minimum atomic E-state index is -2.14. The van der Waals surface area contributed by atoms with E-state index in [-0.39, 0.29) is 0 Å². The van der Waals surface area contributed by atoms with Crippen molar-refractivity contribution in [3.63, 3.8) is 0 Å². The fourth-order valence-electron chi connectivity index (χ4n) is 1.71. The Labute approximate surface area is 109 Å². The van der Waals surface area contributed by atoms with Gasteiger partial charge in [0.1, 0.15) is 0 Å². The molecule has 3 heteroatoms. The average Bonchev–Trinajstić information content (AvgIpc) is 2.28. The molecule has 0 radical (unpaired) electrons. The van der Waals surface area contributed by atoms with Gasteiger partial charge in [-0.25, -0.2) is 0 Å². The van der Waals surface area contributed by atoms with Gasteiger partial charge in [0.2, 0.25) is 0 Å². The predicted molar refractivity (Wildman–Crippen MR) is 77.3 cm³/mol. The minimum absolute atomic E-state index is 0.600. The van der Waals surface area contributed by atoms with Crippen molar-refractivity contribution in [3.8, 4) is 0 Å². The van der Waals surface area contributed by atoms with Crippen LogP contribution in [0.25, 0.3) is 0 Å². The summed E-state index contributed by atoms with van der Waals surface area (Å²) in [5, 5.41) is 0. The lowest BCUT2D eigenvalue weighted by Crippen LogP contribution is -2.42. The van der Waals surface area contributed by atoms with Gasteiger partial charge in [0.15, 0.2) is 0 Å². The van der Waals surface area contributed by atoms with Gasteiger partial charge >= 0.3 is 8.56 Å². The van der Waals surface area contributed by atoms with Crippen LogP contribution in [0.15, 0.2) is 12.3 Å². The normalized spacial score (nSPS) is 12.1. The molecule has 0 unspecified atom stereocenters. The second kappa shape index (κ2) is 9.86. The van der Waals surface area contributed by atoms with Gasteiger partial charge in [-0.1, -0.05) is 40.5 Å². The lowest BCUT2D eigenvalue weighted by molar-refractivity contribution is 0.170. The van der Waals surface area contributed by atoms with Gasteiger partial charge < -0.3 is 8.85 Å². The predicted octanol–water partition coefficient (Wildman–Crippen LogP) is 4.44. The third kappa shape index (κ3) is 7.74. The molecule has 0 aliphatic heterocycles. The van der Waals surface area contributed by atoms with Crippen molar-refractivity contribution >= 4 is 8.56 Å². The topological polar surface area (TPSA) is 18.5 Å². The van der Waals surface area contributed by atoms with Crippen LogP contribution in [0.1, 0.15) is 53.4 Å². The molecule has 0 fully saturated rings. The first-order valence-corrected chi connectivity index (χ1v) is 9.11. The molecular formula is C14H30O2Si. The number of unbranched alkanes of at least 4 members (excludes halogenated alkanes) is 2. The fourth-order valence-corrected chi connectivity index (χ4v) is 4.55. The van der Waals surface area contributed by atoms with Crippen LogP contribution in [0.2, 0.25) is 6.04 Å². The molecule has 0 aliphatic carbocycles. The molecule has 0 aromatic carbocycles. The van der Waals surface area contributed by atoms with Crippen LogP contribution in [-0.4, -0.2) is 21.8 Å². The summed E-state index contributed by atoms with van der Waals surface area (Å²) in [7, 11) is -2.14. The standard InChI is InChI=1S/C14H30O2Si/c1-6-9-11-15-17(8-3,13-14(4)5)16-12-10-7-2/h8,14H,3,6-7,9-13H2,1-2,4-5H3. The molecule has 2 nitrogen and oxygen atoms in total. The van der Waals surface area contributed by atoms with Gasteiger partial charge in [-0.3, -0.25) is 0 Å². The Hall–Kier alpha value is -0.123. The SMILES string of the molecule is C=C[Si](CC(C)C)(OCCCC)OCCCC. The number of hydrogen-bond donors (Lipinski definition) is 0. The zero-order valence-electron chi connectivity index (χ0n) is 12.1. The lowest BCUT2D eigenvalue weighted by atomic mass is 10.3. The second-order valence-corrected chi connectivity index (χ2v) is 8.04. The third-order valence-electron chi connectivity index (χ3n) is 2.69. The summed E-state index contributed by atoms with van der Waals surface area (Å²) in [5.41, 5.74) is 1.97. The molecule has 0 aromatic heterocycles. The molecule has 0 saturated carbocycles. The van der Waals surface area contributed by atoms with E-state index < -0.39 is 8.56 Å². The maximum absolute atomic E-state index is 6.08. The summed E-state index contributed by atoms with van der Waals surface area (Å²) in [5.74, 6) is 0.600. The summed E-state index contributed by atoms with van der Waals surface area (Å²) in [6, 6.07) is 1.02. The van der Waals surface area contributed by atoms with Gasteiger partial charge in [0.05, 0.1) is 0 Å². The first kappa shape index (κ1) is 16.9. The van der Waals surface area contributed by atoms with E-state index in [1.807, 2.05) is 5.70 Å². The van der Waals surface area contributed by atoms with E-state index in [1.165, 1.54) is 0 Å². The highest BCUT2D eigenvalue weighted by Gasteiger charge is 2.34. The smallest absolute Gasteiger partial charge is 0.364 e. The van der Waals surface area contributed by atoms with Crippen molar-refractivity contribution in [3.05, 3.63) is 12.3 Å². The third-order valence-corrected chi connectivity index (χ3v) is 6.09. The van der Waals surface area contributed by atoms with Crippen molar-refractivity contribution in [1.29, 1.82) is 0 Å².